The maximum atomic E-state index is 11.9. The van der Waals surface area contributed by atoms with E-state index in [4.69, 9.17) is 4.74 Å². The number of rotatable bonds is 10. The fourth-order valence-electron chi connectivity index (χ4n) is 2.13. The molecule has 1 aromatic heterocycles. The van der Waals surface area contributed by atoms with Gasteiger partial charge in [0.25, 0.3) is 0 Å². The fraction of sp³-hybridized carbons (Fsp3) is 0.733. The second-order valence-electron chi connectivity index (χ2n) is 5.18. The van der Waals surface area contributed by atoms with Crippen LogP contribution in [0.15, 0.2) is 0 Å². The molecule has 1 aromatic rings. The van der Waals surface area contributed by atoms with Gasteiger partial charge in [-0.3, -0.25) is 9.48 Å². The Labute approximate surface area is 127 Å². The topological polar surface area (TPSA) is 68.2 Å². The number of nitrogens with zero attached hydrogens (tertiary/aromatic N) is 2. The molecule has 0 aliphatic heterocycles. The largest absolute Gasteiger partial charge is 0.383 e. The lowest BCUT2D eigenvalue weighted by molar-refractivity contribution is -0.121. The summed E-state index contributed by atoms with van der Waals surface area (Å²) in [6.45, 7) is 9.35. The van der Waals surface area contributed by atoms with E-state index in [-0.39, 0.29) is 12.5 Å². The molecular formula is C15H28N4O2. The van der Waals surface area contributed by atoms with Crippen LogP contribution in [0.5, 0.6) is 0 Å². The minimum atomic E-state index is 0.0212. The molecule has 0 fully saturated rings. The molecule has 0 aromatic carbocycles. The van der Waals surface area contributed by atoms with Crippen molar-refractivity contribution < 1.29 is 9.53 Å². The molecule has 0 unspecified atom stereocenters. The number of hydrogen-bond acceptors (Lipinski definition) is 4. The fourth-order valence-corrected chi connectivity index (χ4v) is 2.13. The van der Waals surface area contributed by atoms with Crippen molar-refractivity contribution in [2.24, 2.45) is 0 Å². The molecule has 1 heterocycles. The Morgan fingerprint density at radius 3 is 2.76 bits per heavy atom. The quantitative estimate of drug-likeness (QED) is 0.636. The van der Waals surface area contributed by atoms with Gasteiger partial charge in [0.1, 0.15) is 6.54 Å². The normalized spacial score (nSPS) is 10.9. The molecule has 0 radical (unpaired) electrons. The van der Waals surface area contributed by atoms with Crippen molar-refractivity contribution in [3.8, 4) is 0 Å². The Morgan fingerprint density at radius 2 is 2.10 bits per heavy atom. The van der Waals surface area contributed by atoms with Crippen molar-refractivity contribution in [2.75, 3.05) is 26.8 Å². The summed E-state index contributed by atoms with van der Waals surface area (Å²) < 4.78 is 6.79. The summed E-state index contributed by atoms with van der Waals surface area (Å²) in [5, 5.41) is 10.7. The van der Waals surface area contributed by atoms with Gasteiger partial charge in [-0.25, -0.2) is 0 Å². The average Bonchev–Trinajstić information content (AvgIpc) is 2.71. The van der Waals surface area contributed by atoms with Gasteiger partial charge in [-0.05, 0) is 20.3 Å². The van der Waals surface area contributed by atoms with E-state index in [0.717, 1.165) is 49.4 Å². The average molecular weight is 296 g/mol. The number of nitrogens with one attached hydrogen (secondary N) is 2. The third-order valence-corrected chi connectivity index (χ3v) is 3.46. The van der Waals surface area contributed by atoms with Gasteiger partial charge >= 0.3 is 0 Å². The maximum Gasteiger partial charge on any atom is 0.241 e. The van der Waals surface area contributed by atoms with Crippen molar-refractivity contribution in [2.45, 2.75) is 46.7 Å². The van der Waals surface area contributed by atoms with E-state index >= 15 is 0 Å². The van der Waals surface area contributed by atoms with Crippen molar-refractivity contribution in [3.05, 3.63) is 17.0 Å². The van der Waals surface area contributed by atoms with Crippen LogP contribution >= 0.6 is 0 Å². The first-order chi connectivity index (χ1) is 10.1. The van der Waals surface area contributed by atoms with Gasteiger partial charge in [-0.2, -0.15) is 5.10 Å². The molecule has 1 amide bonds. The first-order valence-corrected chi connectivity index (χ1v) is 7.59. The van der Waals surface area contributed by atoms with E-state index in [2.05, 4.69) is 22.7 Å². The van der Waals surface area contributed by atoms with Gasteiger partial charge in [0.15, 0.2) is 0 Å². The Morgan fingerprint density at radius 1 is 1.33 bits per heavy atom. The van der Waals surface area contributed by atoms with Crippen LogP contribution in [0, 0.1) is 13.8 Å². The minimum absolute atomic E-state index is 0.0212. The number of aromatic nitrogens is 2. The molecule has 6 nitrogen and oxygen atoms in total. The Balaban J connectivity index is 2.54. The number of ether oxygens (including phenoxy) is 1. The zero-order chi connectivity index (χ0) is 15.7. The Kier molecular flexibility index (Phi) is 8.00. The zero-order valence-corrected chi connectivity index (χ0v) is 13.7. The van der Waals surface area contributed by atoms with Crippen LogP contribution in [-0.2, 0) is 22.6 Å². The van der Waals surface area contributed by atoms with Gasteiger partial charge in [0.2, 0.25) is 5.91 Å². The molecular weight excluding hydrogens is 268 g/mol. The van der Waals surface area contributed by atoms with Crippen LogP contribution in [0.25, 0.3) is 0 Å². The summed E-state index contributed by atoms with van der Waals surface area (Å²) in [4.78, 5) is 11.9. The zero-order valence-electron chi connectivity index (χ0n) is 13.7. The summed E-state index contributed by atoms with van der Waals surface area (Å²) in [6, 6.07) is 0. The lowest BCUT2D eigenvalue weighted by Gasteiger charge is -2.07. The monoisotopic (exact) mass is 296 g/mol. The van der Waals surface area contributed by atoms with Crippen molar-refractivity contribution in [1.82, 2.24) is 20.4 Å². The number of unbranched alkanes of at least 4 members (excludes halogenated alkanes) is 1. The highest BCUT2D eigenvalue weighted by atomic mass is 16.5. The highest BCUT2D eigenvalue weighted by Gasteiger charge is 2.13. The molecule has 0 saturated carbocycles. The summed E-state index contributed by atoms with van der Waals surface area (Å²) >= 11 is 0. The predicted molar refractivity (Wildman–Crippen MR) is 83.2 cm³/mol. The number of carbonyl (C=O) groups is 1. The van der Waals surface area contributed by atoms with Crippen LogP contribution in [0.4, 0.5) is 0 Å². The number of amides is 1. The third-order valence-electron chi connectivity index (χ3n) is 3.46. The van der Waals surface area contributed by atoms with Crippen LogP contribution in [0.1, 0.15) is 36.7 Å². The van der Waals surface area contributed by atoms with E-state index in [1.807, 2.05) is 13.8 Å². The third kappa shape index (κ3) is 5.85. The van der Waals surface area contributed by atoms with Crippen molar-refractivity contribution in [1.29, 1.82) is 0 Å². The molecule has 2 N–H and O–H groups in total. The molecule has 0 saturated heterocycles. The van der Waals surface area contributed by atoms with E-state index in [0.29, 0.717) is 6.61 Å². The second-order valence-corrected chi connectivity index (χ2v) is 5.18. The van der Waals surface area contributed by atoms with Gasteiger partial charge < -0.3 is 15.4 Å². The number of methoxy groups -OCH3 is 1. The van der Waals surface area contributed by atoms with E-state index in [1.165, 1.54) is 0 Å². The maximum absolute atomic E-state index is 11.9. The molecule has 0 bridgehead atoms. The van der Waals surface area contributed by atoms with Crippen molar-refractivity contribution in [3.63, 3.8) is 0 Å². The van der Waals surface area contributed by atoms with E-state index in [1.54, 1.807) is 11.8 Å². The predicted octanol–water partition coefficient (Wildman–Crippen LogP) is 1.15. The first kappa shape index (κ1) is 17.7. The summed E-state index contributed by atoms with van der Waals surface area (Å²) in [5.41, 5.74) is 3.18. The molecule has 1 rings (SSSR count). The SMILES string of the molecule is CCCCNC(=O)Cn1nc(C)c(CNCCOC)c1C. The smallest absolute Gasteiger partial charge is 0.241 e. The van der Waals surface area contributed by atoms with Crippen LogP contribution in [-0.4, -0.2) is 42.5 Å². The summed E-state index contributed by atoms with van der Waals surface area (Å²) in [6.07, 6.45) is 2.09. The molecule has 0 aliphatic carbocycles. The highest BCUT2D eigenvalue weighted by Crippen LogP contribution is 2.12. The van der Waals surface area contributed by atoms with Gasteiger partial charge in [0, 0.05) is 38.0 Å². The number of carbonyl (C=O) groups excluding carboxylic acids is 1. The van der Waals surface area contributed by atoms with Crippen LogP contribution in [0.2, 0.25) is 0 Å². The molecule has 120 valence electrons. The van der Waals surface area contributed by atoms with Crippen LogP contribution < -0.4 is 10.6 Å². The van der Waals surface area contributed by atoms with E-state index in [9.17, 15) is 4.79 Å². The Bertz CT molecular complexity index is 443. The number of aryl methyl sites for hydroxylation is 1. The lowest BCUT2D eigenvalue weighted by Crippen LogP contribution is -2.29. The summed E-state index contributed by atoms with van der Waals surface area (Å²) in [7, 11) is 1.69. The van der Waals surface area contributed by atoms with Gasteiger partial charge in [-0.15, -0.1) is 0 Å². The highest BCUT2D eigenvalue weighted by molar-refractivity contribution is 5.75. The minimum Gasteiger partial charge on any atom is -0.383 e. The molecule has 21 heavy (non-hydrogen) atoms. The molecule has 0 aliphatic rings. The molecule has 0 atom stereocenters. The summed E-state index contributed by atoms with van der Waals surface area (Å²) in [5.74, 6) is 0.0212. The molecule has 6 heteroatoms. The Hall–Kier alpha value is -1.40. The standard InChI is InChI=1S/C15H28N4O2/c1-5-6-7-17-15(20)11-19-13(3)14(12(2)18-19)10-16-8-9-21-4/h16H,5-11H2,1-4H3,(H,17,20). The molecule has 0 spiro atoms. The number of hydrogen-bond donors (Lipinski definition) is 2. The van der Waals surface area contributed by atoms with Gasteiger partial charge in [0.05, 0.1) is 12.3 Å². The van der Waals surface area contributed by atoms with E-state index < -0.39 is 0 Å². The van der Waals surface area contributed by atoms with Crippen molar-refractivity contribution >= 4 is 5.91 Å². The van der Waals surface area contributed by atoms with Crippen LogP contribution in [0.3, 0.4) is 0 Å². The second kappa shape index (κ2) is 9.52. The van der Waals surface area contributed by atoms with Gasteiger partial charge in [-0.1, -0.05) is 13.3 Å². The lowest BCUT2D eigenvalue weighted by atomic mass is 10.2. The first-order valence-electron chi connectivity index (χ1n) is 7.59.